The van der Waals surface area contributed by atoms with Crippen LogP contribution in [0.25, 0.3) is 11.0 Å². The summed E-state index contributed by atoms with van der Waals surface area (Å²) in [6.07, 6.45) is 2.54. The molecular weight excluding hydrogens is 364 g/mol. The molecule has 134 valence electrons. The number of amides is 1. The minimum Gasteiger partial charge on any atom is -0.322 e. The van der Waals surface area contributed by atoms with Crippen molar-refractivity contribution in [3.05, 3.63) is 52.7 Å². The third kappa shape index (κ3) is 3.85. The van der Waals surface area contributed by atoms with E-state index in [-0.39, 0.29) is 16.7 Å². The maximum atomic E-state index is 13.6. The molecule has 1 amide bonds. The third-order valence-corrected chi connectivity index (χ3v) is 4.09. The average molecular weight is 377 g/mol. The molecule has 0 saturated heterocycles. The van der Waals surface area contributed by atoms with Crippen molar-refractivity contribution in [3.63, 3.8) is 0 Å². The van der Waals surface area contributed by atoms with Crippen LogP contribution in [0.2, 0.25) is 0 Å². The fraction of sp³-hybridized carbons (Fsp3) is 0.188. The van der Waals surface area contributed by atoms with E-state index in [9.17, 15) is 18.4 Å². The van der Waals surface area contributed by atoms with Gasteiger partial charge in [0.1, 0.15) is 29.9 Å². The fourth-order valence-electron chi connectivity index (χ4n) is 2.19. The number of fused-ring (bicyclic) bond motifs is 1. The summed E-state index contributed by atoms with van der Waals surface area (Å²) in [5.74, 6) is -1.39. The summed E-state index contributed by atoms with van der Waals surface area (Å²) < 4.78 is 27.8. The van der Waals surface area contributed by atoms with E-state index >= 15 is 0 Å². The smallest absolute Gasteiger partial charge is 0.264 e. The molecule has 0 aliphatic rings. The van der Waals surface area contributed by atoms with E-state index in [0.29, 0.717) is 5.16 Å². The summed E-state index contributed by atoms with van der Waals surface area (Å²) in [5.41, 5.74) is -0.576. The number of hydrogen-bond donors (Lipinski definition) is 1. The zero-order chi connectivity index (χ0) is 18.7. The van der Waals surface area contributed by atoms with E-state index < -0.39 is 29.6 Å². The quantitative estimate of drug-likeness (QED) is 0.542. The first kappa shape index (κ1) is 17.9. The van der Waals surface area contributed by atoms with E-state index in [2.05, 4.69) is 20.3 Å². The highest BCUT2D eigenvalue weighted by molar-refractivity contribution is 7.99. The van der Waals surface area contributed by atoms with Crippen LogP contribution in [-0.2, 0) is 11.3 Å². The number of nitrogens with zero attached hydrogens (tertiary/aromatic N) is 4. The van der Waals surface area contributed by atoms with E-state index in [1.165, 1.54) is 24.3 Å². The molecule has 0 spiro atoms. The summed E-state index contributed by atoms with van der Waals surface area (Å²) >= 11 is 1.41. The largest absolute Gasteiger partial charge is 0.322 e. The minimum absolute atomic E-state index is 0.165. The third-order valence-electron chi connectivity index (χ3n) is 3.35. The van der Waals surface area contributed by atoms with Crippen molar-refractivity contribution in [2.24, 2.45) is 0 Å². The highest BCUT2D eigenvalue weighted by Crippen LogP contribution is 2.15. The lowest BCUT2D eigenvalue weighted by atomic mass is 10.3. The molecule has 0 unspecified atom stereocenters. The van der Waals surface area contributed by atoms with E-state index in [0.717, 1.165) is 28.5 Å². The molecule has 0 saturated carbocycles. The lowest BCUT2D eigenvalue weighted by Crippen LogP contribution is -2.28. The predicted molar refractivity (Wildman–Crippen MR) is 93.0 cm³/mol. The molecule has 1 N–H and O–H groups in total. The Labute approximate surface area is 150 Å². The molecule has 0 aliphatic heterocycles. The number of carbonyl (C=O) groups is 1. The highest BCUT2D eigenvalue weighted by Gasteiger charge is 2.12. The van der Waals surface area contributed by atoms with Gasteiger partial charge in [0.2, 0.25) is 5.91 Å². The molecule has 0 fully saturated rings. The van der Waals surface area contributed by atoms with Crippen LogP contribution in [0.1, 0.15) is 6.92 Å². The number of nitrogens with one attached hydrogen (secondary N) is 1. The van der Waals surface area contributed by atoms with Crippen molar-refractivity contribution < 1.29 is 13.6 Å². The van der Waals surface area contributed by atoms with Gasteiger partial charge in [-0.2, -0.15) is 0 Å². The van der Waals surface area contributed by atoms with Crippen LogP contribution in [0.15, 0.2) is 40.7 Å². The molecule has 3 aromatic rings. The van der Waals surface area contributed by atoms with Crippen LogP contribution in [0.3, 0.4) is 0 Å². The maximum absolute atomic E-state index is 13.6. The Morgan fingerprint density at radius 1 is 1.31 bits per heavy atom. The second kappa shape index (κ2) is 7.56. The van der Waals surface area contributed by atoms with Gasteiger partial charge in [-0.15, -0.1) is 0 Å². The Kier molecular flexibility index (Phi) is 5.21. The molecule has 0 radical (unpaired) electrons. The van der Waals surface area contributed by atoms with E-state index in [4.69, 9.17) is 0 Å². The zero-order valence-electron chi connectivity index (χ0n) is 13.6. The molecule has 0 aliphatic carbocycles. The van der Waals surface area contributed by atoms with Crippen molar-refractivity contribution in [2.45, 2.75) is 18.6 Å². The molecule has 0 bridgehead atoms. The first-order chi connectivity index (χ1) is 12.5. The predicted octanol–water partition coefficient (Wildman–Crippen LogP) is 2.22. The molecule has 0 atom stereocenters. The first-order valence-electron chi connectivity index (χ1n) is 7.58. The Morgan fingerprint density at radius 3 is 2.88 bits per heavy atom. The van der Waals surface area contributed by atoms with Crippen LogP contribution in [-0.4, -0.2) is 31.2 Å². The molecule has 1 aromatic carbocycles. The molecule has 2 heterocycles. The normalized spacial score (nSPS) is 10.9. The van der Waals surface area contributed by atoms with Gasteiger partial charge in [0.25, 0.3) is 5.56 Å². The van der Waals surface area contributed by atoms with Crippen molar-refractivity contribution >= 4 is 34.4 Å². The van der Waals surface area contributed by atoms with Gasteiger partial charge in [-0.05, 0) is 17.9 Å². The molecular formula is C16H13F2N5O2S. The van der Waals surface area contributed by atoms with Crippen molar-refractivity contribution in [2.75, 3.05) is 11.1 Å². The monoisotopic (exact) mass is 377 g/mol. The fourth-order valence-corrected chi connectivity index (χ4v) is 2.72. The maximum Gasteiger partial charge on any atom is 0.264 e. The lowest BCUT2D eigenvalue weighted by Gasteiger charge is -2.09. The summed E-state index contributed by atoms with van der Waals surface area (Å²) in [7, 11) is 0. The second-order valence-corrected chi connectivity index (χ2v) is 6.40. The van der Waals surface area contributed by atoms with Gasteiger partial charge < -0.3 is 5.32 Å². The summed E-state index contributed by atoms with van der Waals surface area (Å²) in [5, 5.41) is 2.89. The summed E-state index contributed by atoms with van der Waals surface area (Å²) in [6.45, 7) is 1.53. The van der Waals surface area contributed by atoms with Gasteiger partial charge in [-0.3, -0.25) is 14.2 Å². The standard InChI is InChI=1S/C16H13F2N5O2S/c1-2-26-16-19-6-10-14(22-16)20-8-23(15(10)25)7-13(24)21-12-5-9(17)3-4-11(12)18/h3-6,8H,2,7H2,1H3,(H,21,24). The lowest BCUT2D eigenvalue weighted by molar-refractivity contribution is -0.116. The van der Waals surface area contributed by atoms with Gasteiger partial charge in [0.05, 0.1) is 5.69 Å². The van der Waals surface area contributed by atoms with E-state index in [1.807, 2.05) is 6.92 Å². The minimum atomic E-state index is -0.780. The molecule has 10 heteroatoms. The number of hydrogen-bond acceptors (Lipinski definition) is 6. The Bertz CT molecular complexity index is 1040. The van der Waals surface area contributed by atoms with Crippen LogP contribution in [0.5, 0.6) is 0 Å². The first-order valence-corrected chi connectivity index (χ1v) is 8.56. The number of anilines is 1. The molecule has 7 nitrogen and oxygen atoms in total. The Morgan fingerprint density at radius 2 is 2.12 bits per heavy atom. The van der Waals surface area contributed by atoms with Gasteiger partial charge in [0, 0.05) is 12.3 Å². The van der Waals surface area contributed by atoms with Crippen LogP contribution >= 0.6 is 11.8 Å². The Balaban J connectivity index is 1.83. The van der Waals surface area contributed by atoms with Gasteiger partial charge >= 0.3 is 0 Å². The average Bonchev–Trinajstić information content (AvgIpc) is 2.61. The summed E-state index contributed by atoms with van der Waals surface area (Å²) in [4.78, 5) is 36.8. The van der Waals surface area contributed by atoms with Crippen LogP contribution < -0.4 is 10.9 Å². The van der Waals surface area contributed by atoms with Crippen LogP contribution in [0.4, 0.5) is 14.5 Å². The van der Waals surface area contributed by atoms with Crippen molar-refractivity contribution in [1.29, 1.82) is 0 Å². The van der Waals surface area contributed by atoms with Crippen LogP contribution in [0, 0.1) is 11.6 Å². The molecule has 3 rings (SSSR count). The Hall–Kier alpha value is -2.88. The zero-order valence-corrected chi connectivity index (χ0v) is 14.4. The molecule has 26 heavy (non-hydrogen) atoms. The SMILES string of the molecule is CCSc1ncc2c(=O)n(CC(=O)Nc3cc(F)ccc3F)cnc2n1. The van der Waals surface area contributed by atoms with Crippen molar-refractivity contribution in [1.82, 2.24) is 19.5 Å². The van der Waals surface area contributed by atoms with Crippen molar-refractivity contribution in [3.8, 4) is 0 Å². The molecule has 2 aromatic heterocycles. The second-order valence-electron chi connectivity index (χ2n) is 5.17. The number of thioether (sulfide) groups is 1. The van der Waals surface area contributed by atoms with E-state index in [1.54, 1.807) is 0 Å². The van der Waals surface area contributed by atoms with Gasteiger partial charge in [0.15, 0.2) is 10.8 Å². The number of rotatable bonds is 5. The number of benzene rings is 1. The highest BCUT2D eigenvalue weighted by atomic mass is 32.2. The van der Waals surface area contributed by atoms with Gasteiger partial charge in [-0.25, -0.2) is 23.7 Å². The number of halogens is 2. The number of carbonyl (C=O) groups excluding carboxylic acids is 1. The van der Waals surface area contributed by atoms with Gasteiger partial charge in [-0.1, -0.05) is 18.7 Å². The summed E-state index contributed by atoms with van der Waals surface area (Å²) in [6, 6.07) is 2.70. The topological polar surface area (TPSA) is 89.8 Å². The number of aromatic nitrogens is 4.